The predicted molar refractivity (Wildman–Crippen MR) is 93.7 cm³/mol. The molecular formula is C16H25ClN4O2. The zero-order valence-electron chi connectivity index (χ0n) is 13.6. The van der Waals surface area contributed by atoms with Gasteiger partial charge in [0.15, 0.2) is 0 Å². The van der Waals surface area contributed by atoms with E-state index in [1.807, 2.05) is 18.7 Å². The number of rotatable bonds is 4. The second-order valence-electron chi connectivity index (χ2n) is 5.91. The van der Waals surface area contributed by atoms with E-state index >= 15 is 0 Å². The van der Waals surface area contributed by atoms with Crippen molar-refractivity contribution < 1.29 is 9.59 Å². The van der Waals surface area contributed by atoms with Crippen molar-refractivity contribution in [3.8, 4) is 0 Å². The van der Waals surface area contributed by atoms with E-state index in [0.717, 1.165) is 0 Å². The highest BCUT2D eigenvalue weighted by atomic mass is 35.5. The summed E-state index contributed by atoms with van der Waals surface area (Å²) in [6, 6.07) is 7.13. The fraction of sp³-hybridized carbons (Fsp3) is 0.500. The van der Waals surface area contributed by atoms with Gasteiger partial charge in [-0.2, -0.15) is 0 Å². The number of carbonyl (C=O) groups is 2. The number of nitrogens with two attached hydrogens (primary N) is 1. The van der Waals surface area contributed by atoms with Crippen LogP contribution in [0.3, 0.4) is 0 Å². The van der Waals surface area contributed by atoms with Crippen molar-refractivity contribution in [3.63, 3.8) is 0 Å². The summed E-state index contributed by atoms with van der Waals surface area (Å²) in [6.07, 6.45) is 0. The molecule has 1 heterocycles. The van der Waals surface area contributed by atoms with Crippen molar-refractivity contribution in [1.29, 1.82) is 0 Å². The van der Waals surface area contributed by atoms with Gasteiger partial charge in [-0.25, -0.2) is 0 Å². The fourth-order valence-electron chi connectivity index (χ4n) is 2.49. The number of nitrogens with one attached hydrogen (secondary N) is 1. The Kier molecular flexibility index (Phi) is 7.32. The number of carbonyl (C=O) groups excluding carboxylic acids is 2. The maximum atomic E-state index is 12.4. The van der Waals surface area contributed by atoms with E-state index < -0.39 is 0 Å². The van der Waals surface area contributed by atoms with Gasteiger partial charge < -0.3 is 16.0 Å². The number of nitrogen functional groups attached to an aromatic ring is 1. The van der Waals surface area contributed by atoms with E-state index in [2.05, 4.69) is 10.2 Å². The SMILES string of the molecule is CC(C)NC(=O)CN1CCN(C(=O)c2ccc(N)cc2)CC1.Cl. The van der Waals surface area contributed by atoms with E-state index in [1.54, 1.807) is 24.3 Å². The molecule has 2 amide bonds. The Morgan fingerprint density at radius 2 is 1.70 bits per heavy atom. The van der Waals surface area contributed by atoms with Crippen molar-refractivity contribution >= 4 is 29.9 Å². The summed E-state index contributed by atoms with van der Waals surface area (Å²) >= 11 is 0. The molecule has 1 aliphatic rings. The van der Waals surface area contributed by atoms with Crippen molar-refractivity contribution in [1.82, 2.24) is 15.1 Å². The average molecular weight is 341 g/mol. The Bertz CT molecular complexity index is 525. The second-order valence-corrected chi connectivity index (χ2v) is 5.91. The number of nitrogens with zero attached hydrogens (tertiary/aromatic N) is 2. The minimum Gasteiger partial charge on any atom is -0.399 e. The van der Waals surface area contributed by atoms with Crippen LogP contribution in [0.5, 0.6) is 0 Å². The molecule has 0 spiro atoms. The Balaban J connectivity index is 0.00000264. The van der Waals surface area contributed by atoms with E-state index in [4.69, 9.17) is 5.73 Å². The number of halogens is 1. The molecule has 0 saturated carbocycles. The van der Waals surface area contributed by atoms with Gasteiger partial charge in [-0.3, -0.25) is 14.5 Å². The van der Waals surface area contributed by atoms with Gasteiger partial charge in [0.25, 0.3) is 5.91 Å². The van der Waals surface area contributed by atoms with Crippen LogP contribution in [0.15, 0.2) is 24.3 Å². The topological polar surface area (TPSA) is 78.7 Å². The van der Waals surface area contributed by atoms with Gasteiger partial charge in [-0.05, 0) is 38.1 Å². The third-order valence-corrected chi connectivity index (χ3v) is 3.63. The smallest absolute Gasteiger partial charge is 0.253 e. The number of benzene rings is 1. The Morgan fingerprint density at radius 1 is 1.13 bits per heavy atom. The largest absolute Gasteiger partial charge is 0.399 e. The molecule has 1 aromatic rings. The van der Waals surface area contributed by atoms with Gasteiger partial charge in [0, 0.05) is 43.5 Å². The maximum absolute atomic E-state index is 12.4. The van der Waals surface area contributed by atoms with Crippen LogP contribution in [0, 0.1) is 0 Å². The first-order chi connectivity index (χ1) is 10.5. The summed E-state index contributed by atoms with van der Waals surface area (Å²) in [6.45, 7) is 6.99. The molecule has 1 fully saturated rings. The summed E-state index contributed by atoms with van der Waals surface area (Å²) in [4.78, 5) is 28.0. The van der Waals surface area contributed by atoms with Crippen LogP contribution < -0.4 is 11.1 Å². The van der Waals surface area contributed by atoms with Crippen LogP contribution in [-0.2, 0) is 4.79 Å². The third kappa shape index (κ3) is 5.73. The molecule has 0 radical (unpaired) electrons. The highest BCUT2D eigenvalue weighted by molar-refractivity contribution is 5.94. The van der Waals surface area contributed by atoms with Crippen LogP contribution in [-0.4, -0.2) is 60.4 Å². The first-order valence-corrected chi connectivity index (χ1v) is 7.62. The number of piperazine rings is 1. The molecule has 2 rings (SSSR count). The fourth-order valence-corrected chi connectivity index (χ4v) is 2.49. The highest BCUT2D eigenvalue weighted by Crippen LogP contribution is 2.11. The molecule has 0 aromatic heterocycles. The van der Waals surface area contributed by atoms with Crippen LogP contribution >= 0.6 is 12.4 Å². The number of amides is 2. The third-order valence-electron chi connectivity index (χ3n) is 3.63. The molecule has 0 unspecified atom stereocenters. The first-order valence-electron chi connectivity index (χ1n) is 7.62. The molecule has 6 nitrogen and oxygen atoms in total. The second kappa shape index (κ2) is 8.74. The number of anilines is 1. The zero-order chi connectivity index (χ0) is 16.1. The molecule has 1 aliphatic heterocycles. The predicted octanol–water partition coefficient (Wildman–Crippen LogP) is 0.973. The summed E-state index contributed by atoms with van der Waals surface area (Å²) in [5.41, 5.74) is 6.94. The van der Waals surface area contributed by atoms with Crippen molar-refractivity contribution in [2.75, 3.05) is 38.5 Å². The summed E-state index contributed by atoms with van der Waals surface area (Å²) in [5, 5.41) is 2.88. The Labute approximate surface area is 143 Å². The Hall–Kier alpha value is -1.79. The molecule has 1 aromatic carbocycles. The van der Waals surface area contributed by atoms with Crippen LogP contribution in [0.4, 0.5) is 5.69 Å². The highest BCUT2D eigenvalue weighted by Gasteiger charge is 2.23. The van der Waals surface area contributed by atoms with Crippen molar-refractivity contribution in [2.24, 2.45) is 0 Å². The van der Waals surface area contributed by atoms with Gasteiger partial charge in [0.05, 0.1) is 6.54 Å². The van der Waals surface area contributed by atoms with Crippen LogP contribution in [0.25, 0.3) is 0 Å². The van der Waals surface area contributed by atoms with E-state index in [1.165, 1.54) is 0 Å². The first kappa shape index (κ1) is 19.3. The lowest BCUT2D eigenvalue weighted by molar-refractivity contribution is -0.123. The molecule has 0 bridgehead atoms. The number of hydrogen-bond donors (Lipinski definition) is 2. The minimum atomic E-state index is 0. The van der Waals surface area contributed by atoms with Gasteiger partial charge >= 0.3 is 0 Å². The van der Waals surface area contributed by atoms with E-state index in [9.17, 15) is 9.59 Å². The minimum absolute atomic E-state index is 0. The molecule has 1 saturated heterocycles. The quantitative estimate of drug-likeness (QED) is 0.801. The lowest BCUT2D eigenvalue weighted by atomic mass is 10.1. The van der Waals surface area contributed by atoms with Crippen molar-refractivity contribution in [2.45, 2.75) is 19.9 Å². The van der Waals surface area contributed by atoms with Crippen LogP contribution in [0.1, 0.15) is 24.2 Å². The summed E-state index contributed by atoms with van der Waals surface area (Å²) in [7, 11) is 0. The average Bonchev–Trinajstić information content (AvgIpc) is 2.47. The van der Waals surface area contributed by atoms with E-state index in [-0.39, 0.29) is 30.3 Å². The molecule has 3 N–H and O–H groups in total. The zero-order valence-corrected chi connectivity index (χ0v) is 14.4. The molecule has 128 valence electrons. The van der Waals surface area contributed by atoms with Crippen molar-refractivity contribution in [3.05, 3.63) is 29.8 Å². The van der Waals surface area contributed by atoms with Gasteiger partial charge in [-0.1, -0.05) is 0 Å². The standard InChI is InChI=1S/C16H24N4O2.ClH/c1-12(2)18-15(21)11-19-7-9-20(10-8-19)16(22)13-3-5-14(17)6-4-13;/h3-6,12H,7-11,17H2,1-2H3,(H,18,21);1H. The summed E-state index contributed by atoms with van der Waals surface area (Å²) < 4.78 is 0. The monoisotopic (exact) mass is 340 g/mol. The van der Waals surface area contributed by atoms with Crippen LogP contribution in [0.2, 0.25) is 0 Å². The summed E-state index contributed by atoms with van der Waals surface area (Å²) in [5.74, 6) is 0.0552. The Morgan fingerprint density at radius 3 is 2.22 bits per heavy atom. The molecule has 0 aliphatic carbocycles. The lowest BCUT2D eigenvalue weighted by Crippen LogP contribution is -2.51. The molecular weight excluding hydrogens is 316 g/mol. The normalized spacial score (nSPS) is 15.2. The maximum Gasteiger partial charge on any atom is 0.253 e. The van der Waals surface area contributed by atoms with Gasteiger partial charge in [-0.15, -0.1) is 12.4 Å². The molecule has 7 heteroatoms. The number of hydrogen-bond acceptors (Lipinski definition) is 4. The van der Waals surface area contributed by atoms with Gasteiger partial charge in [0.2, 0.25) is 5.91 Å². The van der Waals surface area contributed by atoms with E-state index in [0.29, 0.717) is 44.0 Å². The lowest BCUT2D eigenvalue weighted by Gasteiger charge is -2.34. The van der Waals surface area contributed by atoms with Gasteiger partial charge in [0.1, 0.15) is 0 Å². The molecule has 0 atom stereocenters. The molecule has 23 heavy (non-hydrogen) atoms.